The third-order valence-electron chi connectivity index (χ3n) is 11.1. The van der Waals surface area contributed by atoms with E-state index in [4.69, 9.17) is 0 Å². The van der Waals surface area contributed by atoms with Crippen LogP contribution in [0.4, 0.5) is 0 Å². The maximum absolute atomic E-state index is 12.2. The molecule has 0 bridgehead atoms. The van der Waals surface area contributed by atoms with Gasteiger partial charge in [0.25, 0.3) is 0 Å². The standard InChI is InChI=1S/C39H56N4O6/c44-37(45)34(31-11-14-40-22-31)10-2-1-3-17-43(25-29-8-4-6-27(18-29)20-35(38(46)47)32-12-15-41-23-32)26-30-9-5-7-28(19-30)21-36(39(48)49)33-13-16-42-24-33/h4-9,18-19,31-36,40-42H,1-3,10-17,20-26H2,(H,44,45)(H,46,47)(H,48,49)/t31-,32-,33-,34-,35-,36-/m0/s1. The summed E-state index contributed by atoms with van der Waals surface area (Å²) in [6.07, 6.45) is 7.21. The molecule has 0 spiro atoms. The highest BCUT2D eigenvalue weighted by Crippen LogP contribution is 2.27. The lowest BCUT2D eigenvalue weighted by atomic mass is 9.86. The summed E-state index contributed by atoms with van der Waals surface area (Å²) in [5, 5.41) is 39.8. The van der Waals surface area contributed by atoms with Crippen LogP contribution in [0.5, 0.6) is 0 Å². The predicted molar refractivity (Wildman–Crippen MR) is 189 cm³/mol. The molecule has 3 heterocycles. The minimum Gasteiger partial charge on any atom is -0.481 e. The van der Waals surface area contributed by atoms with Gasteiger partial charge in [0, 0.05) is 13.1 Å². The number of hydrogen-bond donors (Lipinski definition) is 6. The van der Waals surface area contributed by atoms with E-state index < -0.39 is 29.7 Å². The second-order valence-electron chi connectivity index (χ2n) is 14.7. The molecule has 0 unspecified atom stereocenters. The van der Waals surface area contributed by atoms with E-state index in [1.54, 1.807) is 0 Å². The van der Waals surface area contributed by atoms with E-state index >= 15 is 0 Å². The first-order valence-corrected chi connectivity index (χ1v) is 18.5. The van der Waals surface area contributed by atoms with Gasteiger partial charge in [-0.1, -0.05) is 61.4 Å². The number of nitrogens with one attached hydrogen (secondary N) is 3. The Morgan fingerprint density at radius 1 is 0.612 bits per heavy atom. The third-order valence-corrected chi connectivity index (χ3v) is 11.1. The Bertz CT molecular complexity index is 1290. The Morgan fingerprint density at radius 3 is 1.45 bits per heavy atom. The molecule has 0 radical (unpaired) electrons. The number of benzene rings is 2. The van der Waals surface area contributed by atoms with Gasteiger partial charge in [0.1, 0.15) is 0 Å². The van der Waals surface area contributed by atoms with Crippen molar-refractivity contribution in [3.8, 4) is 0 Å². The van der Waals surface area contributed by atoms with Crippen LogP contribution in [0.15, 0.2) is 48.5 Å². The maximum atomic E-state index is 12.2. The zero-order chi connectivity index (χ0) is 34.6. The van der Waals surface area contributed by atoms with Crippen molar-refractivity contribution in [1.29, 1.82) is 0 Å². The van der Waals surface area contributed by atoms with Crippen LogP contribution >= 0.6 is 0 Å². The molecule has 5 rings (SSSR count). The van der Waals surface area contributed by atoms with Gasteiger partial charge in [-0.3, -0.25) is 19.3 Å². The highest BCUT2D eigenvalue weighted by Gasteiger charge is 2.32. The van der Waals surface area contributed by atoms with Gasteiger partial charge in [-0.2, -0.15) is 0 Å². The minimum absolute atomic E-state index is 0.140. The second-order valence-corrected chi connectivity index (χ2v) is 14.7. The fourth-order valence-corrected chi connectivity index (χ4v) is 8.36. The quantitative estimate of drug-likeness (QED) is 0.112. The summed E-state index contributed by atoms with van der Waals surface area (Å²) in [6, 6.07) is 16.7. The van der Waals surface area contributed by atoms with Crippen molar-refractivity contribution >= 4 is 17.9 Å². The Labute approximate surface area is 291 Å². The van der Waals surface area contributed by atoms with Crippen LogP contribution in [0.1, 0.15) is 67.2 Å². The van der Waals surface area contributed by atoms with Crippen molar-refractivity contribution in [2.24, 2.45) is 35.5 Å². The summed E-state index contributed by atoms with van der Waals surface area (Å²) < 4.78 is 0. The predicted octanol–water partition coefficient (Wildman–Crippen LogP) is 4.27. The summed E-state index contributed by atoms with van der Waals surface area (Å²) in [7, 11) is 0. The van der Waals surface area contributed by atoms with Crippen LogP contribution in [-0.2, 0) is 40.3 Å². The lowest BCUT2D eigenvalue weighted by molar-refractivity contribution is -0.144. The highest BCUT2D eigenvalue weighted by molar-refractivity contribution is 5.71. The molecule has 0 amide bonds. The van der Waals surface area contributed by atoms with Crippen LogP contribution in [0.25, 0.3) is 0 Å². The van der Waals surface area contributed by atoms with Gasteiger partial charge in [0.15, 0.2) is 0 Å². The zero-order valence-corrected chi connectivity index (χ0v) is 28.8. The molecule has 10 nitrogen and oxygen atoms in total. The van der Waals surface area contributed by atoms with E-state index in [2.05, 4.69) is 45.1 Å². The number of carboxylic acid groups (broad SMARTS) is 3. The molecule has 3 fully saturated rings. The molecule has 0 saturated carbocycles. The second kappa shape index (κ2) is 18.6. The zero-order valence-electron chi connectivity index (χ0n) is 28.8. The molecule has 268 valence electrons. The largest absolute Gasteiger partial charge is 0.481 e. The van der Waals surface area contributed by atoms with Gasteiger partial charge in [0.2, 0.25) is 0 Å². The van der Waals surface area contributed by atoms with Gasteiger partial charge in [0.05, 0.1) is 17.8 Å². The average Bonchev–Trinajstić information content (AvgIpc) is 3.89. The molecule has 3 aliphatic rings. The van der Waals surface area contributed by atoms with Crippen LogP contribution < -0.4 is 16.0 Å². The molecule has 0 aromatic heterocycles. The van der Waals surface area contributed by atoms with Crippen molar-refractivity contribution in [3.63, 3.8) is 0 Å². The summed E-state index contributed by atoms with van der Waals surface area (Å²) in [5.41, 5.74) is 4.37. The molecule has 3 aliphatic heterocycles. The summed E-state index contributed by atoms with van der Waals surface area (Å²) >= 11 is 0. The van der Waals surface area contributed by atoms with Crippen LogP contribution in [0, 0.1) is 35.5 Å². The number of aliphatic carboxylic acids is 3. The lowest BCUT2D eigenvalue weighted by Crippen LogP contribution is -2.28. The molecule has 0 aliphatic carbocycles. The monoisotopic (exact) mass is 676 g/mol. The molecule has 6 N–H and O–H groups in total. The van der Waals surface area contributed by atoms with Gasteiger partial charge in [-0.05, 0) is 131 Å². The Hall–Kier alpha value is -3.31. The van der Waals surface area contributed by atoms with Crippen molar-refractivity contribution in [2.75, 3.05) is 45.8 Å². The molecule has 10 heteroatoms. The van der Waals surface area contributed by atoms with E-state index in [1.165, 1.54) is 0 Å². The number of nitrogens with zero attached hydrogens (tertiary/aromatic N) is 1. The van der Waals surface area contributed by atoms with Crippen LogP contribution in [0.2, 0.25) is 0 Å². The van der Waals surface area contributed by atoms with Crippen molar-refractivity contribution in [3.05, 3.63) is 70.8 Å². The summed E-state index contributed by atoms with van der Waals surface area (Å²) in [4.78, 5) is 38.7. The van der Waals surface area contributed by atoms with Gasteiger partial charge >= 0.3 is 17.9 Å². The maximum Gasteiger partial charge on any atom is 0.307 e. The minimum atomic E-state index is -0.732. The number of carbonyl (C=O) groups is 3. The van der Waals surface area contributed by atoms with Gasteiger partial charge in [-0.15, -0.1) is 0 Å². The van der Waals surface area contributed by atoms with Crippen LogP contribution in [-0.4, -0.2) is 83.9 Å². The lowest BCUT2D eigenvalue weighted by Gasteiger charge is -2.24. The first kappa shape index (κ1) is 37.0. The topological polar surface area (TPSA) is 151 Å². The third kappa shape index (κ3) is 11.1. The van der Waals surface area contributed by atoms with E-state index in [9.17, 15) is 29.7 Å². The smallest absolute Gasteiger partial charge is 0.307 e. The highest BCUT2D eigenvalue weighted by atomic mass is 16.4. The fraction of sp³-hybridized carbons (Fsp3) is 0.615. The molecule has 2 aromatic carbocycles. The Morgan fingerprint density at radius 2 is 1.04 bits per heavy atom. The van der Waals surface area contributed by atoms with E-state index in [0.29, 0.717) is 32.4 Å². The Balaban J connectivity index is 1.25. The number of unbranched alkanes of at least 4 members (excludes halogenated alkanes) is 2. The molecule has 6 atom stereocenters. The van der Waals surface area contributed by atoms with E-state index in [-0.39, 0.29) is 23.7 Å². The van der Waals surface area contributed by atoms with E-state index in [1.807, 2.05) is 24.3 Å². The number of rotatable bonds is 20. The Kier molecular flexibility index (Phi) is 14.0. The number of hydrogen-bond acceptors (Lipinski definition) is 7. The van der Waals surface area contributed by atoms with Crippen molar-refractivity contribution in [2.45, 2.75) is 70.9 Å². The van der Waals surface area contributed by atoms with Crippen molar-refractivity contribution < 1.29 is 29.7 Å². The van der Waals surface area contributed by atoms with Crippen molar-refractivity contribution in [1.82, 2.24) is 20.9 Å². The molecular weight excluding hydrogens is 620 g/mol. The molecule has 2 aromatic rings. The van der Waals surface area contributed by atoms with Gasteiger partial charge in [-0.25, -0.2) is 0 Å². The van der Waals surface area contributed by atoms with E-state index in [0.717, 1.165) is 107 Å². The van der Waals surface area contributed by atoms with Gasteiger partial charge < -0.3 is 31.3 Å². The molecule has 49 heavy (non-hydrogen) atoms. The molecule has 3 saturated heterocycles. The normalized spacial score (nSPS) is 22.7. The summed E-state index contributed by atoms with van der Waals surface area (Å²) in [6.45, 7) is 7.18. The fourth-order valence-electron chi connectivity index (χ4n) is 8.36. The first-order chi connectivity index (χ1) is 23.8. The average molecular weight is 677 g/mol. The molecular formula is C39H56N4O6. The SMILES string of the molecule is O=C(O)[C@@H](CCCCCN(Cc1cccc(C[C@H](C(=O)O)[C@H]2CCNC2)c1)Cc1cccc(C[C@H](C(=O)O)[C@H]2CCNC2)c1)[C@H]1CCNC1. The van der Waals surface area contributed by atoms with Crippen LogP contribution in [0.3, 0.4) is 0 Å². The first-order valence-electron chi connectivity index (χ1n) is 18.5. The summed E-state index contributed by atoms with van der Waals surface area (Å²) in [5.74, 6) is -2.76. The number of carboxylic acids is 3.